The molecule has 5 heteroatoms. The van der Waals surface area contributed by atoms with Crippen molar-refractivity contribution in [2.24, 2.45) is 0 Å². The number of aromatic nitrogens is 1. The van der Waals surface area contributed by atoms with Crippen molar-refractivity contribution in [1.82, 2.24) is 4.98 Å². The molecule has 0 atom stereocenters. The summed E-state index contributed by atoms with van der Waals surface area (Å²) in [5.41, 5.74) is 2.85. The molecule has 0 aliphatic carbocycles. The molecule has 0 saturated heterocycles. The molecule has 0 saturated carbocycles. The highest BCUT2D eigenvalue weighted by molar-refractivity contribution is 6.11. The van der Waals surface area contributed by atoms with Gasteiger partial charge in [-0.1, -0.05) is 42.0 Å². The maximum absolute atomic E-state index is 13.1. The summed E-state index contributed by atoms with van der Waals surface area (Å²) in [6, 6.07) is 20.3. The number of aryl methyl sites for hydroxylation is 1. The predicted octanol–water partition coefficient (Wildman–Crippen LogP) is 5.30. The summed E-state index contributed by atoms with van der Waals surface area (Å²) >= 11 is 0. The second-order valence-electron chi connectivity index (χ2n) is 6.83. The lowest BCUT2D eigenvalue weighted by atomic mass is 10.0. The monoisotopic (exact) mass is 383 g/mol. The highest BCUT2D eigenvalue weighted by Gasteiger charge is 2.19. The van der Waals surface area contributed by atoms with Crippen LogP contribution in [0.3, 0.4) is 0 Å². The predicted molar refractivity (Wildman–Crippen MR) is 109 cm³/mol. The van der Waals surface area contributed by atoms with Crippen LogP contribution in [0.2, 0.25) is 0 Å². The van der Waals surface area contributed by atoms with Gasteiger partial charge in [0.25, 0.3) is 0 Å². The number of rotatable bonds is 4. The number of pyridine rings is 1. The Morgan fingerprint density at radius 3 is 2.55 bits per heavy atom. The van der Waals surface area contributed by atoms with Gasteiger partial charge in [-0.2, -0.15) is 0 Å². The first-order chi connectivity index (χ1) is 14.2. The average Bonchev–Trinajstić information content (AvgIpc) is 3.21. The molecule has 4 aromatic rings. The number of hydrogen-bond donors (Lipinski definition) is 0. The van der Waals surface area contributed by atoms with Gasteiger partial charge < -0.3 is 14.2 Å². The number of carbonyl (C=O) groups excluding carboxylic acids is 1. The van der Waals surface area contributed by atoms with Crippen LogP contribution in [0.1, 0.15) is 21.5 Å². The van der Waals surface area contributed by atoms with Gasteiger partial charge in [0, 0.05) is 23.2 Å². The van der Waals surface area contributed by atoms with Crippen molar-refractivity contribution in [2.45, 2.75) is 6.92 Å². The van der Waals surface area contributed by atoms with Gasteiger partial charge in [-0.3, -0.25) is 9.78 Å². The van der Waals surface area contributed by atoms with E-state index in [0.29, 0.717) is 34.1 Å². The van der Waals surface area contributed by atoms with E-state index < -0.39 is 0 Å². The summed E-state index contributed by atoms with van der Waals surface area (Å²) in [6.45, 7) is 2.14. The van der Waals surface area contributed by atoms with Crippen molar-refractivity contribution >= 4 is 16.7 Å². The van der Waals surface area contributed by atoms with Gasteiger partial charge in [0.2, 0.25) is 6.79 Å². The Balaban J connectivity index is 1.59. The Morgan fingerprint density at radius 1 is 0.931 bits per heavy atom. The minimum absolute atomic E-state index is 0.0831. The minimum atomic E-state index is -0.0831. The molecule has 0 bridgehead atoms. The summed E-state index contributed by atoms with van der Waals surface area (Å²) in [5.74, 6) is 2.33. The lowest BCUT2D eigenvalue weighted by Gasteiger charge is -2.13. The van der Waals surface area contributed by atoms with E-state index in [4.69, 9.17) is 14.2 Å². The number of nitrogens with zero attached hydrogens (tertiary/aromatic N) is 1. The topological polar surface area (TPSA) is 57.6 Å². The maximum Gasteiger partial charge on any atom is 0.231 e. The Kier molecular flexibility index (Phi) is 4.13. The van der Waals surface area contributed by atoms with Crippen molar-refractivity contribution in [2.75, 3.05) is 6.79 Å². The summed E-state index contributed by atoms with van der Waals surface area (Å²) in [6.07, 6.45) is 1.67. The zero-order chi connectivity index (χ0) is 19.8. The number of fused-ring (bicyclic) bond motifs is 2. The van der Waals surface area contributed by atoms with Gasteiger partial charge in [0.1, 0.15) is 11.5 Å². The molecular formula is C24H17NO4. The quantitative estimate of drug-likeness (QED) is 0.448. The molecule has 0 amide bonds. The fourth-order valence-electron chi connectivity index (χ4n) is 3.37. The van der Waals surface area contributed by atoms with Crippen LogP contribution >= 0.6 is 0 Å². The van der Waals surface area contributed by atoms with Gasteiger partial charge in [-0.25, -0.2) is 0 Å². The van der Waals surface area contributed by atoms with Crippen molar-refractivity contribution < 1.29 is 19.0 Å². The van der Waals surface area contributed by atoms with Gasteiger partial charge in [-0.15, -0.1) is 0 Å². The fraction of sp³-hybridized carbons (Fsp3) is 0.0833. The molecule has 0 spiro atoms. The third kappa shape index (κ3) is 3.17. The van der Waals surface area contributed by atoms with Crippen molar-refractivity contribution in [3.63, 3.8) is 0 Å². The highest BCUT2D eigenvalue weighted by Crippen LogP contribution is 2.40. The van der Waals surface area contributed by atoms with Gasteiger partial charge >= 0.3 is 0 Å². The van der Waals surface area contributed by atoms with Crippen LogP contribution in [0.25, 0.3) is 10.9 Å². The largest absolute Gasteiger partial charge is 0.456 e. The van der Waals surface area contributed by atoms with E-state index in [2.05, 4.69) is 4.98 Å². The standard InChI is InChI=1S/C24H17NO4/c1-15-7-8-20(18(11-15)24(26)16-5-3-2-4-6-16)29-21-9-10-25-19-13-23-22(12-17(19)21)27-14-28-23/h2-13H,14H2,1H3. The van der Waals surface area contributed by atoms with E-state index in [-0.39, 0.29) is 12.6 Å². The Bertz CT molecular complexity index is 1230. The van der Waals surface area contributed by atoms with E-state index in [1.807, 2.05) is 55.5 Å². The zero-order valence-corrected chi connectivity index (χ0v) is 15.7. The molecule has 5 rings (SSSR count). The highest BCUT2D eigenvalue weighted by atomic mass is 16.7. The van der Waals surface area contributed by atoms with Crippen molar-refractivity contribution in [3.05, 3.63) is 89.6 Å². The Morgan fingerprint density at radius 2 is 1.72 bits per heavy atom. The maximum atomic E-state index is 13.1. The first-order valence-corrected chi connectivity index (χ1v) is 9.26. The van der Waals surface area contributed by atoms with Crippen LogP contribution < -0.4 is 14.2 Å². The van der Waals surface area contributed by atoms with E-state index in [9.17, 15) is 4.79 Å². The van der Waals surface area contributed by atoms with E-state index in [0.717, 1.165) is 16.5 Å². The summed E-state index contributed by atoms with van der Waals surface area (Å²) in [5, 5.41) is 0.787. The molecule has 1 aliphatic rings. The normalized spacial score (nSPS) is 12.2. The minimum Gasteiger partial charge on any atom is -0.456 e. The molecule has 2 heterocycles. The van der Waals surface area contributed by atoms with Crippen LogP contribution in [0, 0.1) is 6.92 Å². The first-order valence-electron chi connectivity index (χ1n) is 9.26. The van der Waals surface area contributed by atoms with E-state index in [1.165, 1.54) is 0 Å². The summed E-state index contributed by atoms with van der Waals surface area (Å²) in [4.78, 5) is 17.5. The van der Waals surface area contributed by atoms with Crippen molar-refractivity contribution in [3.8, 4) is 23.0 Å². The molecular weight excluding hydrogens is 366 g/mol. The molecule has 0 radical (unpaired) electrons. The van der Waals surface area contributed by atoms with Gasteiger partial charge in [0.05, 0.1) is 11.1 Å². The number of ether oxygens (including phenoxy) is 3. The van der Waals surface area contributed by atoms with Crippen molar-refractivity contribution in [1.29, 1.82) is 0 Å². The van der Waals surface area contributed by atoms with Crippen LogP contribution in [0.4, 0.5) is 0 Å². The lowest BCUT2D eigenvalue weighted by Crippen LogP contribution is -2.04. The van der Waals surface area contributed by atoms with E-state index in [1.54, 1.807) is 24.4 Å². The molecule has 0 N–H and O–H groups in total. The van der Waals surface area contributed by atoms with Crippen LogP contribution in [-0.2, 0) is 0 Å². The molecule has 29 heavy (non-hydrogen) atoms. The summed E-state index contributed by atoms with van der Waals surface area (Å²) < 4.78 is 17.1. The fourth-order valence-corrected chi connectivity index (χ4v) is 3.37. The number of benzene rings is 3. The van der Waals surface area contributed by atoms with E-state index >= 15 is 0 Å². The molecule has 1 aromatic heterocycles. The number of carbonyl (C=O) groups is 1. The molecule has 1 aliphatic heterocycles. The Hall–Kier alpha value is -3.86. The number of ketones is 1. The molecule has 5 nitrogen and oxygen atoms in total. The second-order valence-corrected chi connectivity index (χ2v) is 6.83. The zero-order valence-electron chi connectivity index (χ0n) is 15.7. The number of hydrogen-bond acceptors (Lipinski definition) is 5. The smallest absolute Gasteiger partial charge is 0.231 e. The van der Waals surface area contributed by atoms with Crippen LogP contribution in [0.5, 0.6) is 23.0 Å². The molecule has 3 aromatic carbocycles. The molecule has 0 fully saturated rings. The second kappa shape index (κ2) is 6.95. The third-order valence-electron chi connectivity index (χ3n) is 4.83. The molecule has 142 valence electrons. The summed E-state index contributed by atoms with van der Waals surface area (Å²) in [7, 11) is 0. The lowest BCUT2D eigenvalue weighted by molar-refractivity contribution is 0.103. The molecule has 0 unspecified atom stereocenters. The average molecular weight is 383 g/mol. The van der Waals surface area contributed by atoms with Gasteiger partial charge in [0.15, 0.2) is 17.3 Å². The van der Waals surface area contributed by atoms with Crippen LogP contribution in [0.15, 0.2) is 72.9 Å². The Labute approximate surface area is 167 Å². The SMILES string of the molecule is Cc1ccc(Oc2ccnc3cc4c(cc23)OCO4)c(C(=O)c2ccccc2)c1. The van der Waals surface area contributed by atoms with Crippen LogP contribution in [-0.4, -0.2) is 17.6 Å². The third-order valence-corrected chi connectivity index (χ3v) is 4.83. The first kappa shape index (κ1) is 17.3. The van der Waals surface area contributed by atoms with Gasteiger partial charge in [-0.05, 0) is 31.2 Å².